The van der Waals surface area contributed by atoms with Crippen LogP contribution in [0.1, 0.15) is 18.4 Å². The number of hydrogen-bond acceptors (Lipinski definition) is 3. The number of ether oxygens (including phenoxy) is 1. The van der Waals surface area contributed by atoms with Crippen molar-refractivity contribution in [3.05, 3.63) is 42.0 Å². The topological polar surface area (TPSA) is 50.4 Å². The third-order valence-corrected chi connectivity index (χ3v) is 4.07. The zero-order valence-electron chi connectivity index (χ0n) is 12.5. The van der Waals surface area contributed by atoms with Gasteiger partial charge in [-0.1, -0.05) is 65.1 Å². The molecule has 0 saturated carbocycles. The monoisotopic (exact) mass is 376 g/mol. The van der Waals surface area contributed by atoms with E-state index >= 15 is 0 Å². The molecule has 7 heteroatoms. The van der Waals surface area contributed by atoms with Gasteiger partial charge in [-0.15, -0.1) is 0 Å². The van der Waals surface area contributed by atoms with E-state index in [1.54, 1.807) is 6.08 Å². The molecule has 2 unspecified atom stereocenters. The van der Waals surface area contributed by atoms with Crippen LogP contribution in [0.3, 0.4) is 0 Å². The number of rotatable bonds is 6. The Balaban J connectivity index is 1.88. The Morgan fingerprint density at radius 3 is 2.70 bits per heavy atom. The van der Waals surface area contributed by atoms with Crippen molar-refractivity contribution in [2.75, 3.05) is 13.2 Å². The molecule has 126 valence electrons. The Bertz CT molecular complexity index is 526. The summed E-state index contributed by atoms with van der Waals surface area (Å²) < 4.78 is 3.85. The summed E-state index contributed by atoms with van der Waals surface area (Å²) in [5.41, 5.74) is 0.917. The molecule has 0 aliphatic carbocycles. The number of benzene rings is 1. The van der Waals surface area contributed by atoms with Crippen molar-refractivity contribution in [2.45, 2.75) is 28.9 Å². The smallest absolute Gasteiger partial charge is 0.245 e. The summed E-state index contributed by atoms with van der Waals surface area (Å²) in [6, 6.07) is 9.48. The number of amides is 1. The molecule has 2 N–H and O–H groups in total. The second-order valence-electron chi connectivity index (χ2n) is 5.27. The highest BCUT2D eigenvalue weighted by atomic mass is 35.6. The fourth-order valence-corrected chi connectivity index (χ4v) is 2.62. The standard InChI is InChI=1S/C16H19Cl3N2O2/c17-16(18,19)15(20-11-13-7-4-10-23-13)21-14(22)9-8-12-5-2-1-3-6-12/h1-3,5-6,8-9,13,15,20H,4,7,10-11H2,(H,21,22). The maximum Gasteiger partial charge on any atom is 0.245 e. The highest BCUT2D eigenvalue weighted by molar-refractivity contribution is 6.68. The highest BCUT2D eigenvalue weighted by Gasteiger charge is 2.34. The SMILES string of the molecule is O=C(C=Cc1ccccc1)NC(NCC1CCCO1)C(Cl)(Cl)Cl. The van der Waals surface area contributed by atoms with E-state index in [9.17, 15) is 4.79 Å². The van der Waals surface area contributed by atoms with Gasteiger partial charge in [0.2, 0.25) is 9.70 Å². The molecular weight excluding hydrogens is 359 g/mol. The fraction of sp³-hybridized carbons (Fsp3) is 0.438. The van der Waals surface area contributed by atoms with Crippen LogP contribution in [-0.2, 0) is 9.53 Å². The van der Waals surface area contributed by atoms with E-state index in [2.05, 4.69) is 10.6 Å². The average molecular weight is 378 g/mol. The van der Waals surface area contributed by atoms with Crippen LogP contribution in [0.2, 0.25) is 0 Å². The summed E-state index contributed by atoms with van der Waals surface area (Å²) in [6.07, 6.45) is 4.38. The molecule has 23 heavy (non-hydrogen) atoms. The van der Waals surface area contributed by atoms with Crippen molar-refractivity contribution in [1.82, 2.24) is 10.6 Å². The molecule has 1 aliphatic heterocycles. The molecule has 1 aromatic carbocycles. The molecule has 1 amide bonds. The normalized spacial score (nSPS) is 19.9. The van der Waals surface area contributed by atoms with Crippen LogP contribution in [0.15, 0.2) is 36.4 Å². The Labute approximate surface area is 151 Å². The van der Waals surface area contributed by atoms with Gasteiger partial charge in [0.1, 0.15) is 6.17 Å². The van der Waals surface area contributed by atoms with Crippen LogP contribution >= 0.6 is 34.8 Å². The lowest BCUT2D eigenvalue weighted by Crippen LogP contribution is -2.54. The number of hydrogen-bond donors (Lipinski definition) is 2. The Morgan fingerprint density at radius 2 is 2.09 bits per heavy atom. The number of carbonyl (C=O) groups excluding carboxylic acids is 1. The van der Waals surface area contributed by atoms with Crippen molar-refractivity contribution in [3.8, 4) is 0 Å². The molecule has 1 fully saturated rings. The lowest BCUT2D eigenvalue weighted by molar-refractivity contribution is -0.117. The Hall–Kier alpha value is -0.780. The molecule has 0 aromatic heterocycles. The van der Waals surface area contributed by atoms with Crippen molar-refractivity contribution < 1.29 is 9.53 Å². The molecule has 1 aromatic rings. The number of alkyl halides is 3. The molecule has 1 saturated heterocycles. The van der Waals surface area contributed by atoms with Gasteiger partial charge in [-0.3, -0.25) is 10.1 Å². The van der Waals surface area contributed by atoms with Crippen LogP contribution in [-0.4, -0.2) is 35.1 Å². The highest BCUT2D eigenvalue weighted by Crippen LogP contribution is 2.29. The minimum Gasteiger partial charge on any atom is -0.377 e. The van der Waals surface area contributed by atoms with E-state index in [-0.39, 0.29) is 12.0 Å². The maximum absolute atomic E-state index is 12.0. The molecule has 0 spiro atoms. The largest absolute Gasteiger partial charge is 0.377 e. The minimum atomic E-state index is -1.66. The quantitative estimate of drug-likeness (QED) is 0.454. The number of carbonyl (C=O) groups is 1. The summed E-state index contributed by atoms with van der Waals surface area (Å²) in [6.45, 7) is 1.26. The summed E-state index contributed by atoms with van der Waals surface area (Å²) in [5.74, 6) is -0.343. The van der Waals surface area contributed by atoms with E-state index in [4.69, 9.17) is 39.5 Å². The van der Waals surface area contributed by atoms with Crippen molar-refractivity contribution in [1.29, 1.82) is 0 Å². The molecule has 2 atom stereocenters. The number of halogens is 3. The van der Waals surface area contributed by atoms with Gasteiger partial charge < -0.3 is 10.1 Å². The van der Waals surface area contributed by atoms with Gasteiger partial charge in [0, 0.05) is 19.2 Å². The van der Waals surface area contributed by atoms with Crippen molar-refractivity contribution >= 4 is 46.8 Å². The van der Waals surface area contributed by atoms with Crippen molar-refractivity contribution in [3.63, 3.8) is 0 Å². The third kappa shape index (κ3) is 6.69. The van der Waals surface area contributed by atoms with Crippen LogP contribution in [0.5, 0.6) is 0 Å². The van der Waals surface area contributed by atoms with Crippen LogP contribution in [0, 0.1) is 0 Å². The summed E-state index contributed by atoms with van der Waals surface area (Å²) >= 11 is 17.8. The molecular formula is C16H19Cl3N2O2. The fourth-order valence-electron chi connectivity index (χ4n) is 2.23. The van der Waals surface area contributed by atoms with E-state index in [1.165, 1.54) is 6.08 Å². The van der Waals surface area contributed by atoms with Gasteiger partial charge in [0.05, 0.1) is 6.10 Å². The van der Waals surface area contributed by atoms with Gasteiger partial charge in [0.25, 0.3) is 0 Å². The van der Waals surface area contributed by atoms with Crippen LogP contribution in [0.4, 0.5) is 0 Å². The zero-order chi connectivity index (χ0) is 16.7. The molecule has 2 rings (SSSR count). The molecule has 1 aliphatic rings. The first kappa shape index (κ1) is 18.6. The summed E-state index contributed by atoms with van der Waals surface area (Å²) in [5, 5.41) is 5.71. The first-order valence-electron chi connectivity index (χ1n) is 7.40. The van der Waals surface area contributed by atoms with E-state index in [1.807, 2.05) is 30.3 Å². The minimum absolute atomic E-state index is 0.0848. The lowest BCUT2D eigenvalue weighted by Gasteiger charge is -2.27. The van der Waals surface area contributed by atoms with Gasteiger partial charge in [-0.05, 0) is 24.5 Å². The van der Waals surface area contributed by atoms with Crippen LogP contribution in [0.25, 0.3) is 6.08 Å². The molecule has 4 nitrogen and oxygen atoms in total. The zero-order valence-corrected chi connectivity index (χ0v) is 14.7. The van der Waals surface area contributed by atoms with Gasteiger partial charge >= 0.3 is 0 Å². The van der Waals surface area contributed by atoms with Crippen LogP contribution < -0.4 is 10.6 Å². The van der Waals surface area contributed by atoms with E-state index < -0.39 is 9.96 Å². The Morgan fingerprint density at radius 1 is 1.35 bits per heavy atom. The summed E-state index contributed by atoms with van der Waals surface area (Å²) in [4.78, 5) is 12.0. The first-order valence-corrected chi connectivity index (χ1v) is 8.54. The van der Waals surface area contributed by atoms with E-state index in [0.717, 1.165) is 25.0 Å². The molecule has 1 heterocycles. The predicted molar refractivity (Wildman–Crippen MR) is 94.7 cm³/mol. The maximum atomic E-state index is 12.0. The van der Waals surface area contributed by atoms with Crippen molar-refractivity contribution in [2.24, 2.45) is 0 Å². The third-order valence-electron chi connectivity index (χ3n) is 3.41. The van der Waals surface area contributed by atoms with Gasteiger partial charge in [-0.2, -0.15) is 0 Å². The Kier molecular flexibility index (Phi) is 7.18. The first-order chi connectivity index (χ1) is 10.9. The second kappa shape index (κ2) is 8.90. The van der Waals surface area contributed by atoms with Gasteiger partial charge in [-0.25, -0.2) is 0 Å². The van der Waals surface area contributed by atoms with E-state index in [0.29, 0.717) is 6.54 Å². The second-order valence-corrected chi connectivity index (χ2v) is 7.64. The predicted octanol–water partition coefficient (Wildman–Crippen LogP) is 3.28. The molecule has 0 radical (unpaired) electrons. The average Bonchev–Trinajstić information content (AvgIpc) is 3.02. The van der Waals surface area contributed by atoms with Gasteiger partial charge in [0.15, 0.2) is 0 Å². The molecule has 0 bridgehead atoms. The number of nitrogens with one attached hydrogen (secondary N) is 2. The lowest BCUT2D eigenvalue weighted by atomic mass is 10.2. The summed E-state index contributed by atoms with van der Waals surface area (Å²) in [7, 11) is 0.